The number of amides is 2. The Labute approximate surface area is 135 Å². The van der Waals surface area contributed by atoms with E-state index in [1.807, 2.05) is 41.1 Å². The van der Waals surface area contributed by atoms with Gasteiger partial charge in [-0.3, -0.25) is 14.9 Å². The maximum atomic E-state index is 12.4. The second-order valence-corrected chi connectivity index (χ2v) is 5.86. The monoisotopic (exact) mass is 312 g/mol. The standard InChI is InChI=1S/C17H20N4O2/c1-20-9-7-14(11-15(20)22)16(23)19-17-18-8-10-21(17)12-13-5-3-2-4-6-13/h2-6,8,10,14H,7,9,11-12H2,1H3,(H,18,19,23)/t14-/m0/s1. The molecule has 0 aliphatic carbocycles. The summed E-state index contributed by atoms with van der Waals surface area (Å²) >= 11 is 0. The van der Waals surface area contributed by atoms with Gasteiger partial charge in [-0.15, -0.1) is 0 Å². The molecule has 1 atom stereocenters. The average Bonchev–Trinajstić information content (AvgIpc) is 2.98. The largest absolute Gasteiger partial charge is 0.346 e. The van der Waals surface area contributed by atoms with Crippen molar-refractivity contribution < 1.29 is 9.59 Å². The minimum Gasteiger partial charge on any atom is -0.346 e. The zero-order chi connectivity index (χ0) is 16.2. The van der Waals surface area contributed by atoms with Crippen molar-refractivity contribution in [2.45, 2.75) is 19.4 Å². The molecule has 6 heteroatoms. The molecule has 0 radical (unpaired) electrons. The highest BCUT2D eigenvalue weighted by molar-refractivity contribution is 5.94. The zero-order valence-corrected chi connectivity index (χ0v) is 13.1. The van der Waals surface area contributed by atoms with Gasteiger partial charge in [-0.2, -0.15) is 0 Å². The van der Waals surface area contributed by atoms with Crippen LogP contribution in [0.25, 0.3) is 0 Å². The lowest BCUT2D eigenvalue weighted by Crippen LogP contribution is -2.40. The van der Waals surface area contributed by atoms with Crippen molar-refractivity contribution in [1.82, 2.24) is 14.5 Å². The number of hydrogen-bond acceptors (Lipinski definition) is 3. The predicted octanol–water partition coefficient (Wildman–Crippen LogP) is 1.74. The van der Waals surface area contributed by atoms with Crippen molar-refractivity contribution in [1.29, 1.82) is 0 Å². The molecule has 0 spiro atoms. The molecule has 0 saturated carbocycles. The fourth-order valence-electron chi connectivity index (χ4n) is 2.72. The summed E-state index contributed by atoms with van der Waals surface area (Å²) in [6.45, 7) is 1.26. The van der Waals surface area contributed by atoms with Crippen LogP contribution >= 0.6 is 0 Å². The Morgan fingerprint density at radius 1 is 1.35 bits per heavy atom. The van der Waals surface area contributed by atoms with E-state index in [0.717, 1.165) is 5.56 Å². The molecule has 1 aromatic heterocycles. The fourth-order valence-corrected chi connectivity index (χ4v) is 2.72. The molecule has 1 aliphatic rings. The fraction of sp³-hybridized carbons (Fsp3) is 0.353. The lowest BCUT2D eigenvalue weighted by Gasteiger charge is -2.27. The molecule has 120 valence electrons. The number of likely N-dealkylation sites (tertiary alicyclic amines) is 1. The Bertz CT molecular complexity index is 696. The molecule has 23 heavy (non-hydrogen) atoms. The van der Waals surface area contributed by atoms with Crippen LogP contribution in [-0.2, 0) is 16.1 Å². The first-order valence-corrected chi connectivity index (χ1v) is 7.73. The molecule has 0 unspecified atom stereocenters. The Morgan fingerprint density at radius 2 is 2.13 bits per heavy atom. The second kappa shape index (κ2) is 6.64. The molecule has 1 N–H and O–H groups in total. The highest BCUT2D eigenvalue weighted by Crippen LogP contribution is 2.19. The molecule has 3 rings (SSSR count). The molecular weight excluding hydrogens is 292 g/mol. The molecule has 1 fully saturated rings. The zero-order valence-electron chi connectivity index (χ0n) is 13.1. The summed E-state index contributed by atoms with van der Waals surface area (Å²) in [6, 6.07) is 9.99. The number of hydrogen-bond donors (Lipinski definition) is 1. The van der Waals surface area contributed by atoms with E-state index in [4.69, 9.17) is 0 Å². The Balaban J connectivity index is 1.66. The molecule has 2 amide bonds. The number of aromatic nitrogens is 2. The Hall–Kier alpha value is -2.63. The number of carbonyl (C=O) groups is 2. The molecular formula is C17H20N4O2. The third-order valence-corrected chi connectivity index (χ3v) is 4.18. The molecule has 1 aliphatic heterocycles. The topological polar surface area (TPSA) is 67.2 Å². The third-order valence-electron chi connectivity index (χ3n) is 4.18. The van der Waals surface area contributed by atoms with Gasteiger partial charge in [0, 0.05) is 38.3 Å². The van der Waals surface area contributed by atoms with E-state index in [0.29, 0.717) is 25.5 Å². The van der Waals surface area contributed by atoms with Crippen LogP contribution in [0.3, 0.4) is 0 Å². The van der Waals surface area contributed by atoms with E-state index < -0.39 is 0 Å². The van der Waals surface area contributed by atoms with Gasteiger partial charge in [0.15, 0.2) is 0 Å². The van der Waals surface area contributed by atoms with Crippen molar-refractivity contribution in [2.24, 2.45) is 5.92 Å². The smallest absolute Gasteiger partial charge is 0.230 e. The third kappa shape index (κ3) is 3.59. The Kier molecular flexibility index (Phi) is 4.41. The number of carbonyl (C=O) groups excluding carboxylic acids is 2. The summed E-state index contributed by atoms with van der Waals surface area (Å²) in [4.78, 5) is 30.0. The van der Waals surface area contributed by atoms with Crippen LogP contribution in [0.2, 0.25) is 0 Å². The maximum Gasteiger partial charge on any atom is 0.230 e. The molecule has 0 bridgehead atoms. The number of imidazole rings is 1. The molecule has 1 saturated heterocycles. The normalized spacial score (nSPS) is 18.0. The Morgan fingerprint density at radius 3 is 2.87 bits per heavy atom. The number of anilines is 1. The van der Waals surface area contributed by atoms with E-state index in [1.165, 1.54) is 0 Å². The van der Waals surface area contributed by atoms with Gasteiger partial charge in [-0.25, -0.2) is 4.98 Å². The van der Waals surface area contributed by atoms with Crippen LogP contribution in [0.4, 0.5) is 5.95 Å². The summed E-state index contributed by atoms with van der Waals surface area (Å²) in [6.07, 6.45) is 4.45. The summed E-state index contributed by atoms with van der Waals surface area (Å²) in [5.74, 6) is 0.127. The van der Waals surface area contributed by atoms with E-state index in [1.54, 1.807) is 18.1 Å². The highest BCUT2D eigenvalue weighted by Gasteiger charge is 2.29. The van der Waals surface area contributed by atoms with Crippen LogP contribution in [0.1, 0.15) is 18.4 Å². The first-order chi connectivity index (χ1) is 11.1. The van der Waals surface area contributed by atoms with Crippen LogP contribution in [0, 0.1) is 5.92 Å². The number of rotatable bonds is 4. The van der Waals surface area contributed by atoms with Gasteiger partial charge in [0.1, 0.15) is 0 Å². The molecule has 2 heterocycles. The van der Waals surface area contributed by atoms with E-state index in [2.05, 4.69) is 10.3 Å². The van der Waals surface area contributed by atoms with Gasteiger partial charge in [-0.1, -0.05) is 30.3 Å². The van der Waals surface area contributed by atoms with Crippen molar-refractivity contribution in [2.75, 3.05) is 18.9 Å². The lowest BCUT2D eigenvalue weighted by molar-refractivity contribution is -0.137. The van der Waals surface area contributed by atoms with Crippen molar-refractivity contribution in [3.05, 3.63) is 48.3 Å². The first-order valence-electron chi connectivity index (χ1n) is 7.73. The lowest BCUT2D eigenvalue weighted by atomic mass is 9.96. The minimum atomic E-state index is -0.277. The summed E-state index contributed by atoms with van der Waals surface area (Å²) in [5.41, 5.74) is 1.13. The number of benzene rings is 1. The van der Waals surface area contributed by atoms with Crippen molar-refractivity contribution in [3.8, 4) is 0 Å². The van der Waals surface area contributed by atoms with Crippen LogP contribution in [0.15, 0.2) is 42.7 Å². The molecule has 6 nitrogen and oxygen atoms in total. The van der Waals surface area contributed by atoms with Gasteiger partial charge >= 0.3 is 0 Å². The highest BCUT2D eigenvalue weighted by atomic mass is 16.2. The SMILES string of the molecule is CN1CC[C@H](C(=O)Nc2nccn2Cc2ccccc2)CC1=O. The number of nitrogens with one attached hydrogen (secondary N) is 1. The van der Waals surface area contributed by atoms with Gasteiger partial charge in [0.2, 0.25) is 17.8 Å². The van der Waals surface area contributed by atoms with E-state index in [9.17, 15) is 9.59 Å². The minimum absolute atomic E-state index is 0.0176. The van der Waals surface area contributed by atoms with Crippen LogP contribution < -0.4 is 5.32 Å². The van der Waals surface area contributed by atoms with E-state index >= 15 is 0 Å². The summed E-state index contributed by atoms with van der Waals surface area (Å²) in [7, 11) is 1.77. The van der Waals surface area contributed by atoms with Gasteiger partial charge < -0.3 is 9.47 Å². The van der Waals surface area contributed by atoms with Crippen molar-refractivity contribution >= 4 is 17.8 Å². The molecule has 2 aromatic rings. The van der Waals surface area contributed by atoms with Crippen LogP contribution in [0.5, 0.6) is 0 Å². The summed E-state index contributed by atoms with van der Waals surface area (Å²) < 4.78 is 1.89. The van der Waals surface area contributed by atoms with E-state index in [-0.39, 0.29) is 24.2 Å². The summed E-state index contributed by atoms with van der Waals surface area (Å²) in [5, 5.41) is 2.86. The predicted molar refractivity (Wildman–Crippen MR) is 86.8 cm³/mol. The first kappa shape index (κ1) is 15.3. The molecule has 1 aromatic carbocycles. The van der Waals surface area contributed by atoms with Gasteiger partial charge in [0.05, 0.1) is 6.54 Å². The van der Waals surface area contributed by atoms with Crippen LogP contribution in [-0.4, -0.2) is 39.9 Å². The maximum absolute atomic E-state index is 12.4. The second-order valence-electron chi connectivity index (χ2n) is 5.86. The number of nitrogens with zero attached hydrogens (tertiary/aromatic N) is 3. The van der Waals surface area contributed by atoms with Gasteiger partial charge in [0.25, 0.3) is 0 Å². The average molecular weight is 312 g/mol. The number of piperidine rings is 1. The van der Waals surface area contributed by atoms with Gasteiger partial charge in [-0.05, 0) is 12.0 Å². The van der Waals surface area contributed by atoms with Crippen molar-refractivity contribution in [3.63, 3.8) is 0 Å². The quantitative estimate of drug-likeness (QED) is 0.935.